The first-order valence-corrected chi connectivity index (χ1v) is 3.70. The second-order valence-electron chi connectivity index (χ2n) is 2.65. The minimum Gasteiger partial charge on any atom is -0.475 e. The molecule has 5 nitrogen and oxygen atoms in total. The van der Waals surface area contributed by atoms with Gasteiger partial charge in [-0.3, -0.25) is 4.79 Å². The van der Waals surface area contributed by atoms with Gasteiger partial charge in [-0.2, -0.15) is 0 Å². The number of ketones is 1. The standard InChI is InChI=1S/C8H6N2O3/c11-6-2-1-3-10-5(6)4-9-7(10)8(12)13/h1-2,4H,3H2,(H,12,13). The van der Waals surface area contributed by atoms with Gasteiger partial charge in [0.1, 0.15) is 5.69 Å². The van der Waals surface area contributed by atoms with Crippen LogP contribution in [0.15, 0.2) is 18.3 Å². The van der Waals surface area contributed by atoms with Crippen molar-refractivity contribution in [3.05, 3.63) is 29.9 Å². The minimum absolute atomic E-state index is 0.0901. The van der Waals surface area contributed by atoms with E-state index in [0.29, 0.717) is 12.2 Å². The van der Waals surface area contributed by atoms with Crippen molar-refractivity contribution in [2.24, 2.45) is 0 Å². The molecule has 1 aliphatic heterocycles. The molecule has 0 spiro atoms. The number of carboxylic acid groups (broad SMARTS) is 1. The zero-order valence-corrected chi connectivity index (χ0v) is 6.60. The first-order chi connectivity index (χ1) is 6.20. The van der Waals surface area contributed by atoms with E-state index in [1.54, 1.807) is 6.08 Å². The molecule has 2 rings (SSSR count). The van der Waals surface area contributed by atoms with Crippen LogP contribution in [0.3, 0.4) is 0 Å². The van der Waals surface area contributed by atoms with Crippen molar-refractivity contribution in [3.8, 4) is 0 Å². The third kappa shape index (κ3) is 1.05. The van der Waals surface area contributed by atoms with Gasteiger partial charge in [0.05, 0.1) is 6.20 Å². The minimum atomic E-state index is -1.12. The van der Waals surface area contributed by atoms with Crippen LogP contribution in [-0.2, 0) is 6.54 Å². The summed E-state index contributed by atoms with van der Waals surface area (Å²) in [5.41, 5.74) is 0.333. The van der Waals surface area contributed by atoms with Gasteiger partial charge in [0.15, 0.2) is 0 Å². The number of rotatable bonds is 1. The molecule has 0 unspecified atom stereocenters. The largest absolute Gasteiger partial charge is 0.475 e. The summed E-state index contributed by atoms with van der Waals surface area (Å²) in [6.07, 6.45) is 4.32. The maximum atomic E-state index is 11.2. The molecule has 0 aliphatic carbocycles. The van der Waals surface area contributed by atoms with E-state index in [-0.39, 0.29) is 11.6 Å². The van der Waals surface area contributed by atoms with E-state index in [9.17, 15) is 9.59 Å². The Morgan fingerprint density at radius 3 is 3.08 bits per heavy atom. The van der Waals surface area contributed by atoms with Crippen molar-refractivity contribution < 1.29 is 14.7 Å². The predicted molar refractivity (Wildman–Crippen MR) is 42.7 cm³/mol. The molecule has 0 amide bonds. The summed E-state index contributed by atoms with van der Waals surface area (Å²) in [5.74, 6) is -1.41. The van der Waals surface area contributed by atoms with Crippen LogP contribution in [0.5, 0.6) is 0 Å². The number of hydrogen-bond acceptors (Lipinski definition) is 3. The summed E-state index contributed by atoms with van der Waals surface area (Å²) < 4.78 is 1.38. The third-order valence-electron chi connectivity index (χ3n) is 1.86. The van der Waals surface area contributed by atoms with E-state index >= 15 is 0 Å². The van der Waals surface area contributed by atoms with Crippen molar-refractivity contribution in [3.63, 3.8) is 0 Å². The zero-order valence-electron chi connectivity index (χ0n) is 6.60. The Balaban J connectivity index is 2.57. The highest BCUT2D eigenvalue weighted by Gasteiger charge is 2.20. The lowest BCUT2D eigenvalue weighted by Crippen LogP contribution is -2.16. The summed E-state index contributed by atoms with van der Waals surface area (Å²) in [5, 5.41) is 8.70. The van der Waals surface area contributed by atoms with Crippen molar-refractivity contribution in [2.75, 3.05) is 0 Å². The van der Waals surface area contributed by atoms with Crippen LogP contribution < -0.4 is 0 Å². The molecule has 0 radical (unpaired) electrons. The topological polar surface area (TPSA) is 72.2 Å². The molecule has 0 saturated heterocycles. The molecule has 0 fully saturated rings. The molecule has 0 aromatic carbocycles. The zero-order chi connectivity index (χ0) is 9.42. The van der Waals surface area contributed by atoms with Gasteiger partial charge in [-0.15, -0.1) is 0 Å². The van der Waals surface area contributed by atoms with E-state index in [4.69, 9.17) is 5.11 Å². The molecule has 2 heterocycles. The van der Waals surface area contributed by atoms with Gasteiger partial charge in [-0.1, -0.05) is 6.08 Å². The Kier molecular flexibility index (Phi) is 1.51. The van der Waals surface area contributed by atoms with Crippen molar-refractivity contribution in [1.82, 2.24) is 9.55 Å². The molecule has 5 heteroatoms. The first-order valence-electron chi connectivity index (χ1n) is 3.70. The number of carboxylic acids is 1. The van der Waals surface area contributed by atoms with Crippen LogP contribution in [0.2, 0.25) is 0 Å². The van der Waals surface area contributed by atoms with Crippen LogP contribution in [0, 0.1) is 0 Å². The number of aromatic carboxylic acids is 1. The Morgan fingerprint density at radius 1 is 1.62 bits per heavy atom. The lowest BCUT2D eigenvalue weighted by molar-refractivity contribution is 0.0678. The maximum absolute atomic E-state index is 11.2. The highest BCUT2D eigenvalue weighted by Crippen LogP contribution is 2.11. The molecular weight excluding hydrogens is 172 g/mol. The highest BCUT2D eigenvalue weighted by atomic mass is 16.4. The number of aromatic nitrogens is 2. The van der Waals surface area contributed by atoms with Crippen LogP contribution in [0.1, 0.15) is 21.1 Å². The van der Waals surface area contributed by atoms with Crippen LogP contribution in [-0.4, -0.2) is 26.4 Å². The number of imidazole rings is 1. The highest BCUT2D eigenvalue weighted by molar-refractivity contribution is 6.04. The molecule has 1 aromatic heterocycles. The molecule has 13 heavy (non-hydrogen) atoms. The van der Waals surface area contributed by atoms with Crippen molar-refractivity contribution in [2.45, 2.75) is 6.54 Å². The molecule has 0 atom stereocenters. The van der Waals surface area contributed by atoms with Gasteiger partial charge in [0, 0.05) is 6.54 Å². The summed E-state index contributed by atoms with van der Waals surface area (Å²) >= 11 is 0. The summed E-state index contributed by atoms with van der Waals surface area (Å²) in [4.78, 5) is 25.5. The van der Waals surface area contributed by atoms with Gasteiger partial charge < -0.3 is 9.67 Å². The average molecular weight is 178 g/mol. The lowest BCUT2D eigenvalue weighted by atomic mass is 10.2. The fourth-order valence-electron chi connectivity index (χ4n) is 1.28. The number of carbonyl (C=O) groups excluding carboxylic acids is 1. The maximum Gasteiger partial charge on any atom is 0.372 e. The van der Waals surface area contributed by atoms with Crippen LogP contribution in [0.25, 0.3) is 0 Å². The quantitative estimate of drug-likeness (QED) is 0.672. The number of nitrogens with zero attached hydrogens (tertiary/aromatic N) is 2. The second kappa shape index (κ2) is 2.55. The average Bonchev–Trinajstić information content (AvgIpc) is 2.48. The van der Waals surface area contributed by atoms with Crippen LogP contribution in [0.4, 0.5) is 0 Å². The van der Waals surface area contributed by atoms with Gasteiger partial charge in [-0.05, 0) is 6.08 Å². The van der Waals surface area contributed by atoms with Crippen molar-refractivity contribution in [1.29, 1.82) is 0 Å². The molecule has 0 saturated carbocycles. The van der Waals surface area contributed by atoms with Gasteiger partial charge in [-0.25, -0.2) is 9.78 Å². The Morgan fingerprint density at radius 2 is 2.38 bits per heavy atom. The molecule has 0 bridgehead atoms. The monoisotopic (exact) mass is 178 g/mol. The molecular formula is C8H6N2O3. The number of hydrogen-bond donors (Lipinski definition) is 1. The molecule has 1 N–H and O–H groups in total. The van der Waals surface area contributed by atoms with Gasteiger partial charge in [0.2, 0.25) is 11.6 Å². The van der Waals surface area contributed by atoms with E-state index in [1.165, 1.54) is 16.8 Å². The fourth-order valence-corrected chi connectivity index (χ4v) is 1.28. The van der Waals surface area contributed by atoms with Crippen LogP contribution >= 0.6 is 0 Å². The molecule has 66 valence electrons. The summed E-state index contributed by atoms with van der Waals surface area (Å²) in [7, 11) is 0. The van der Waals surface area contributed by atoms with Gasteiger partial charge >= 0.3 is 5.97 Å². The first kappa shape index (κ1) is 7.72. The lowest BCUT2D eigenvalue weighted by Gasteiger charge is -2.08. The number of fused-ring (bicyclic) bond motifs is 1. The van der Waals surface area contributed by atoms with E-state index in [2.05, 4.69) is 4.98 Å². The molecule has 1 aromatic rings. The summed E-state index contributed by atoms with van der Waals surface area (Å²) in [6, 6.07) is 0. The predicted octanol–water partition coefficient (Wildman–Crippen LogP) is 0.334. The summed E-state index contributed by atoms with van der Waals surface area (Å²) in [6.45, 7) is 0.392. The number of carbonyl (C=O) groups is 2. The normalized spacial score (nSPS) is 14.3. The van der Waals surface area contributed by atoms with Crippen molar-refractivity contribution >= 4 is 11.8 Å². The fraction of sp³-hybridized carbons (Fsp3) is 0.125. The Bertz CT molecular complexity index is 417. The van der Waals surface area contributed by atoms with E-state index < -0.39 is 5.97 Å². The Hall–Kier alpha value is -1.91. The van der Waals surface area contributed by atoms with Gasteiger partial charge in [0.25, 0.3) is 0 Å². The number of allylic oxidation sites excluding steroid dienone is 2. The van der Waals surface area contributed by atoms with E-state index in [0.717, 1.165) is 0 Å². The molecule has 1 aliphatic rings. The SMILES string of the molecule is O=C1C=CCn2c1cnc2C(=O)O. The Labute approximate surface area is 73.3 Å². The van der Waals surface area contributed by atoms with E-state index in [1.807, 2.05) is 0 Å². The third-order valence-corrected chi connectivity index (χ3v) is 1.86. The second-order valence-corrected chi connectivity index (χ2v) is 2.65. The smallest absolute Gasteiger partial charge is 0.372 e.